The number of fused-ring (bicyclic) bond motifs is 1. The number of methoxy groups -OCH3 is 1. The zero-order valence-corrected chi connectivity index (χ0v) is 21.8. The van der Waals surface area contributed by atoms with Crippen LogP contribution in [0.25, 0.3) is 5.69 Å². The normalized spacial score (nSPS) is 18.2. The molecule has 0 bridgehead atoms. The summed E-state index contributed by atoms with van der Waals surface area (Å²) in [5.41, 5.74) is 6.63. The molecule has 7 nitrogen and oxygen atoms in total. The van der Waals surface area contributed by atoms with Gasteiger partial charge in [0.1, 0.15) is 5.75 Å². The molecule has 0 amide bonds. The highest BCUT2D eigenvalue weighted by Crippen LogP contribution is 2.43. The Morgan fingerprint density at radius 3 is 2.59 bits per heavy atom. The van der Waals surface area contributed by atoms with Crippen LogP contribution in [0.3, 0.4) is 0 Å². The molecule has 1 saturated heterocycles. The van der Waals surface area contributed by atoms with Crippen molar-refractivity contribution in [2.24, 2.45) is 0 Å². The highest BCUT2D eigenvalue weighted by Gasteiger charge is 2.41. The summed E-state index contributed by atoms with van der Waals surface area (Å²) in [5, 5.41) is 4.28. The number of aryl methyl sites for hydroxylation is 1. The molecule has 2 aliphatic heterocycles. The van der Waals surface area contributed by atoms with E-state index in [1.807, 2.05) is 42.6 Å². The topological polar surface area (TPSA) is 60.8 Å². The standard InChI is InChI=1S/C29H28N4O3S/c1-18-14-23(19(2)33(18)21-9-12-25-26(15-21)36-17-35-25)28-27(24-6-4-5-13-30-24)31-29(37)32(28)16-20-7-10-22(34-3)11-8-20/h4-15,27-28H,16-17H2,1-3H3,(H,31,37). The zero-order valence-electron chi connectivity index (χ0n) is 21.0. The number of aromatic nitrogens is 2. The minimum absolute atomic E-state index is 0.0431. The number of benzene rings is 2. The lowest BCUT2D eigenvalue weighted by atomic mass is 9.96. The monoisotopic (exact) mass is 512 g/mol. The van der Waals surface area contributed by atoms with Crippen LogP contribution < -0.4 is 19.5 Å². The van der Waals surface area contributed by atoms with Gasteiger partial charge in [0, 0.05) is 35.9 Å². The Bertz CT molecular complexity index is 1450. The third-order valence-electron chi connectivity index (χ3n) is 7.11. The molecule has 2 unspecified atom stereocenters. The van der Waals surface area contributed by atoms with Crippen molar-refractivity contribution in [1.29, 1.82) is 0 Å². The summed E-state index contributed by atoms with van der Waals surface area (Å²) in [6.45, 7) is 5.21. The van der Waals surface area contributed by atoms with Crippen molar-refractivity contribution in [3.63, 3.8) is 0 Å². The van der Waals surface area contributed by atoms with Gasteiger partial charge in [0.05, 0.1) is 24.9 Å². The van der Waals surface area contributed by atoms with E-state index in [9.17, 15) is 0 Å². The number of hydrogen-bond donors (Lipinski definition) is 1. The highest BCUT2D eigenvalue weighted by molar-refractivity contribution is 7.80. The van der Waals surface area contributed by atoms with E-state index in [1.54, 1.807) is 7.11 Å². The van der Waals surface area contributed by atoms with E-state index in [-0.39, 0.29) is 18.9 Å². The van der Waals surface area contributed by atoms with E-state index in [0.717, 1.165) is 45.6 Å². The second kappa shape index (κ2) is 9.44. The number of pyridine rings is 1. The number of ether oxygens (including phenoxy) is 3. The first-order valence-electron chi connectivity index (χ1n) is 12.2. The van der Waals surface area contributed by atoms with E-state index < -0.39 is 0 Å². The highest BCUT2D eigenvalue weighted by atomic mass is 32.1. The molecule has 6 rings (SSSR count). The van der Waals surface area contributed by atoms with Crippen LogP contribution in [0.5, 0.6) is 17.2 Å². The molecule has 2 aliphatic rings. The van der Waals surface area contributed by atoms with E-state index in [4.69, 9.17) is 26.4 Å². The number of hydrogen-bond acceptors (Lipinski definition) is 5. The van der Waals surface area contributed by atoms with Crippen molar-refractivity contribution in [2.75, 3.05) is 13.9 Å². The lowest BCUT2D eigenvalue weighted by molar-refractivity contribution is 0.174. The molecule has 1 fully saturated rings. The third-order valence-corrected chi connectivity index (χ3v) is 7.47. The van der Waals surface area contributed by atoms with E-state index in [0.29, 0.717) is 11.7 Å². The number of thiocarbonyl (C=S) groups is 1. The molecule has 2 aromatic carbocycles. The number of rotatable bonds is 6. The first kappa shape index (κ1) is 23.4. The molecule has 1 N–H and O–H groups in total. The van der Waals surface area contributed by atoms with Crippen molar-refractivity contribution in [1.82, 2.24) is 19.8 Å². The summed E-state index contributed by atoms with van der Waals surface area (Å²) in [6, 6.07) is 22.4. The molecule has 8 heteroatoms. The molecular weight excluding hydrogens is 484 g/mol. The Hall–Kier alpha value is -4.04. The van der Waals surface area contributed by atoms with E-state index in [1.165, 1.54) is 5.56 Å². The van der Waals surface area contributed by atoms with Gasteiger partial charge in [0.25, 0.3) is 0 Å². The Morgan fingerprint density at radius 2 is 1.84 bits per heavy atom. The predicted molar refractivity (Wildman–Crippen MR) is 145 cm³/mol. The fourth-order valence-electron chi connectivity index (χ4n) is 5.35. The van der Waals surface area contributed by atoms with Gasteiger partial charge in [0.2, 0.25) is 6.79 Å². The Kier molecular flexibility index (Phi) is 5.96. The number of nitrogens with zero attached hydrogens (tertiary/aromatic N) is 3. The second-order valence-corrected chi connectivity index (χ2v) is 9.69. The van der Waals surface area contributed by atoms with Crippen molar-refractivity contribution in [3.05, 3.63) is 101 Å². The second-order valence-electron chi connectivity index (χ2n) is 9.30. The maximum Gasteiger partial charge on any atom is 0.231 e. The first-order valence-corrected chi connectivity index (χ1v) is 12.6. The molecule has 2 atom stereocenters. The molecule has 2 aromatic heterocycles. The van der Waals surface area contributed by atoms with Gasteiger partial charge < -0.3 is 29.0 Å². The van der Waals surface area contributed by atoms with Crippen LogP contribution in [0.15, 0.2) is 72.9 Å². The fourth-order valence-corrected chi connectivity index (χ4v) is 5.66. The Labute approximate surface area is 221 Å². The van der Waals surface area contributed by atoms with Gasteiger partial charge in [-0.05, 0) is 79.7 Å². The van der Waals surface area contributed by atoms with Crippen molar-refractivity contribution < 1.29 is 14.2 Å². The summed E-state index contributed by atoms with van der Waals surface area (Å²) in [7, 11) is 1.68. The zero-order chi connectivity index (χ0) is 25.5. The molecule has 4 aromatic rings. The molecule has 0 radical (unpaired) electrons. The van der Waals surface area contributed by atoms with E-state index >= 15 is 0 Å². The Balaban J connectivity index is 1.43. The maximum absolute atomic E-state index is 5.90. The van der Waals surface area contributed by atoms with Crippen LogP contribution >= 0.6 is 12.2 Å². The van der Waals surface area contributed by atoms with Crippen LogP contribution in [0.1, 0.15) is 40.3 Å². The molecule has 0 saturated carbocycles. The maximum atomic E-state index is 5.90. The molecule has 188 valence electrons. The lowest BCUT2D eigenvalue weighted by Gasteiger charge is -2.28. The summed E-state index contributed by atoms with van der Waals surface area (Å²) in [5.74, 6) is 2.38. The minimum atomic E-state index is -0.0855. The van der Waals surface area contributed by atoms with Gasteiger partial charge in [-0.25, -0.2) is 0 Å². The van der Waals surface area contributed by atoms with Crippen molar-refractivity contribution >= 4 is 17.3 Å². The number of nitrogens with one attached hydrogen (secondary N) is 1. The summed E-state index contributed by atoms with van der Waals surface area (Å²) >= 11 is 5.90. The summed E-state index contributed by atoms with van der Waals surface area (Å²) < 4.78 is 18.8. The third kappa shape index (κ3) is 4.17. The largest absolute Gasteiger partial charge is 0.497 e. The van der Waals surface area contributed by atoms with Gasteiger partial charge in [0.15, 0.2) is 16.6 Å². The van der Waals surface area contributed by atoms with Crippen LogP contribution in [-0.2, 0) is 6.54 Å². The van der Waals surface area contributed by atoms with Crippen LogP contribution in [0.2, 0.25) is 0 Å². The van der Waals surface area contributed by atoms with Gasteiger partial charge in [-0.15, -0.1) is 0 Å². The van der Waals surface area contributed by atoms with Gasteiger partial charge in [-0.2, -0.15) is 0 Å². The van der Waals surface area contributed by atoms with Crippen molar-refractivity contribution in [2.45, 2.75) is 32.5 Å². The van der Waals surface area contributed by atoms with Crippen LogP contribution in [0, 0.1) is 13.8 Å². The molecule has 4 heterocycles. The van der Waals surface area contributed by atoms with Gasteiger partial charge in [-0.1, -0.05) is 18.2 Å². The van der Waals surface area contributed by atoms with Crippen LogP contribution in [-0.4, -0.2) is 33.5 Å². The molecule has 0 spiro atoms. The average molecular weight is 513 g/mol. The molecule has 37 heavy (non-hydrogen) atoms. The average Bonchev–Trinajstić information content (AvgIpc) is 3.60. The molecular formula is C29H28N4O3S. The van der Waals surface area contributed by atoms with Crippen LogP contribution in [0.4, 0.5) is 0 Å². The summed E-state index contributed by atoms with van der Waals surface area (Å²) in [4.78, 5) is 6.96. The van der Waals surface area contributed by atoms with Gasteiger partial charge in [-0.3, -0.25) is 4.98 Å². The first-order chi connectivity index (χ1) is 18.0. The predicted octanol–water partition coefficient (Wildman–Crippen LogP) is 5.40. The van der Waals surface area contributed by atoms with E-state index in [2.05, 4.69) is 63.9 Å². The minimum Gasteiger partial charge on any atom is -0.497 e. The SMILES string of the molecule is COc1ccc(CN2C(=S)NC(c3ccccn3)C2c2cc(C)n(-c3ccc4c(c3)OCO4)c2C)cc1. The van der Waals surface area contributed by atoms with Gasteiger partial charge >= 0.3 is 0 Å². The summed E-state index contributed by atoms with van der Waals surface area (Å²) in [6.07, 6.45) is 1.83. The van der Waals surface area contributed by atoms with Crippen molar-refractivity contribution in [3.8, 4) is 22.9 Å². The lowest BCUT2D eigenvalue weighted by Crippen LogP contribution is -2.29. The smallest absolute Gasteiger partial charge is 0.231 e. The fraction of sp³-hybridized carbons (Fsp3) is 0.241. The Morgan fingerprint density at radius 1 is 1.03 bits per heavy atom. The molecule has 0 aliphatic carbocycles. The quantitative estimate of drug-likeness (QED) is 0.347.